The number of amides is 1. The summed E-state index contributed by atoms with van der Waals surface area (Å²) >= 11 is 0. The zero-order valence-electron chi connectivity index (χ0n) is 8.53. The van der Waals surface area contributed by atoms with Crippen LogP contribution in [0.1, 0.15) is 25.5 Å². The number of benzene rings is 1. The number of hydrogen-bond donors (Lipinski definition) is 2. The van der Waals surface area contributed by atoms with Crippen molar-refractivity contribution in [2.75, 3.05) is 0 Å². The minimum Gasteiger partial charge on any atom is -0.368 e. The normalized spacial score (nSPS) is 14.7. The highest BCUT2D eigenvalue weighted by Gasteiger charge is 2.12. The van der Waals surface area contributed by atoms with Gasteiger partial charge in [0.25, 0.3) is 0 Å². The molecule has 1 amide bonds. The van der Waals surface area contributed by atoms with Gasteiger partial charge in [0.1, 0.15) is 0 Å². The second-order valence-electron chi connectivity index (χ2n) is 3.42. The van der Waals surface area contributed by atoms with E-state index < -0.39 is 0 Å². The Hall–Kier alpha value is -1.35. The minimum absolute atomic E-state index is 0.138. The summed E-state index contributed by atoms with van der Waals surface area (Å²) in [6.07, 6.45) is 0. The maximum absolute atomic E-state index is 10.8. The van der Waals surface area contributed by atoms with Crippen molar-refractivity contribution < 1.29 is 4.79 Å². The third-order valence-corrected chi connectivity index (χ3v) is 2.23. The van der Waals surface area contributed by atoms with Crippen LogP contribution in [0.3, 0.4) is 0 Å². The molecular weight excluding hydrogens is 176 g/mol. The van der Waals surface area contributed by atoms with Crippen molar-refractivity contribution in [3.8, 4) is 0 Å². The van der Waals surface area contributed by atoms with Crippen LogP contribution in [-0.4, -0.2) is 11.9 Å². The predicted octanol–water partition coefficient (Wildman–Crippen LogP) is 1.21. The maximum atomic E-state index is 10.8. The monoisotopic (exact) mass is 192 g/mol. The van der Waals surface area contributed by atoms with Crippen LogP contribution in [0.15, 0.2) is 30.3 Å². The lowest BCUT2D eigenvalue weighted by molar-refractivity contribution is -0.119. The molecule has 0 aromatic heterocycles. The SMILES string of the molecule is C[C@H](N[C@@H](C)c1ccccc1)C(N)=O. The van der Waals surface area contributed by atoms with Gasteiger partial charge in [0.15, 0.2) is 0 Å². The lowest BCUT2D eigenvalue weighted by Gasteiger charge is -2.17. The van der Waals surface area contributed by atoms with Gasteiger partial charge in [0.2, 0.25) is 5.91 Å². The van der Waals surface area contributed by atoms with Crippen LogP contribution >= 0.6 is 0 Å². The molecule has 0 aliphatic rings. The van der Waals surface area contributed by atoms with Gasteiger partial charge in [-0.1, -0.05) is 30.3 Å². The first kappa shape index (κ1) is 10.7. The highest BCUT2D eigenvalue weighted by molar-refractivity contribution is 5.79. The molecule has 2 atom stereocenters. The van der Waals surface area contributed by atoms with E-state index in [1.807, 2.05) is 37.3 Å². The first-order chi connectivity index (χ1) is 6.61. The molecule has 3 nitrogen and oxygen atoms in total. The van der Waals surface area contributed by atoms with Crippen LogP contribution in [0.4, 0.5) is 0 Å². The molecule has 0 unspecified atom stereocenters. The van der Waals surface area contributed by atoms with E-state index in [2.05, 4.69) is 5.32 Å². The molecule has 0 saturated carbocycles. The van der Waals surface area contributed by atoms with Crippen molar-refractivity contribution in [2.24, 2.45) is 5.73 Å². The van der Waals surface area contributed by atoms with Gasteiger partial charge >= 0.3 is 0 Å². The topological polar surface area (TPSA) is 55.1 Å². The predicted molar refractivity (Wildman–Crippen MR) is 56.6 cm³/mol. The number of carbonyl (C=O) groups is 1. The first-order valence-corrected chi connectivity index (χ1v) is 4.71. The van der Waals surface area contributed by atoms with Crippen LogP contribution in [0, 0.1) is 0 Å². The van der Waals surface area contributed by atoms with Crippen LogP contribution in [0.5, 0.6) is 0 Å². The number of nitrogens with two attached hydrogens (primary N) is 1. The minimum atomic E-state index is -0.326. The summed E-state index contributed by atoms with van der Waals surface area (Å²) in [6, 6.07) is 9.79. The van der Waals surface area contributed by atoms with Gasteiger partial charge in [-0.25, -0.2) is 0 Å². The van der Waals surface area contributed by atoms with Crippen molar-refractivity contribution in [2.45, 2.75) is 25.9 Å². The smallest absolute Gasteiger partial charge is 0.234 e. The maximum Gasteiger partial charge on any atom is 0.234 e. The molecule has 3 heteroatoms. The zero-order chi connectivity index (χ0) is 10.6. The highest BCUT2D eigenvalue weighted by atomic mass is 16.1. The molecule has 1 aromatic carbocycles. The van der Waals surface area contributed by atoms with Crippen LogP contribution in [0.2, 0.25) is 0 Å². The summed E-state index contributed by atoms with van der Waals surface area (Å²) in [5.74, 6) is -0.326. The molecule has 0 bridgehead atoms. The third-order valence-electron chi connectivity index (χ3n) is 2.23. The van der Waals surface area contributed by atoms with Crippen LogP contribution in [0.25, 0.3) is 0 Å². The molecular formula is C11H16N2O. The molecule has 0 spiro atoms. The van der Waals surface area contributed by atoms with E-state index in [4.69, 9.17) is 5.73 Å². The second-order valence-corrected chi connectivity index (χ2v) is 3.42. The summed E-state index contributed by atoms with van der Waals surface area (Å²) in [5, 5.41) is 3.12. The number of rotatable bonds is 4. The molecule has 3 N–H and O–H groups in total. The lowest BCUT2D eigenvalue weighted by Crippen LogP contribution is -2.39. The van der Waals surface area contributed by atoms with Crippen molar-refractivity contribution in [3.05, 3.63) is 35.9 Å². The van der Waals surface area contributed by atoms with Gasteiger partial charge in [0, 0.05) is 6.04 Å². The summed E-state index contributed by atoms with van der Waals surface area (Å²) in [5.41, 5.74) is 6.31. The summed E-state index contributed by atoms with van der Waals surface area (Å²) < 4.78 is 0. The molecule has 76 valence electrons. The average Bonchev–Trinajstić information content (AvgIpc) is 2.19. The Bertz CT molecular complexity index is 297. The fraction of sp³-hybridized carbons (Fsp3) is 0.364. The molecule has 0 fully saturated rings. The molecule has 0 saturated heterocycles. The Kier molecular flexibility index (Phi) is 3.65. The van der Waals surface area contributed by atoms with Crippen molar-refractivity contribution in [1.82, 2.24) is 5.32 Å². The zero-order valence-corrected chi connectivity index (χ0v) is 8.53. The van der Waals surface area contributed by atoms with Gasteiger partial charge < -0.3 is 5.73 Å². The van der Waals surface area contributed by atoms with Crippen LogP contribution < -0.4 is 11.1 Å². The lowest BCUT2D eigenvalue weighted by atomic mass is 10.1. The Morgan fingerprint density at radius 2 is 1.86 bits per heavy atom. The Morgan fingerprint density at radius 1 is 1.29 bits per heavy atom. The van der Waals surface area contributed by atoms with E-state index in [0.29, 0.717) is 0 Å². The van der Waals surface area contributed by atoms with E-state index in [-0.39, 0.29) is 18.0 Å². The van der Waals surface area contributed by atoms with E-state index in [1.165, 1.54) is 0 Å². The Labute approximate surface area is 84.3 Å². The molecule has 0 aliphatic heterocycles. The summed E-state index contributed by atoms with van der Waals surface area (Å²) in [7, 11) is 0. The van der Waals surface area contributed by atoms with Gasteiger partial charge in [-0.2, -0.15) is 0 Å². The third kappa shape index (κ3) is 2.85. The van der Waals surface area contributed by atoms with E-state index >= 15 is 0 Å². The summed E-state index contributed by atoms with van der Waals surface area (Å²) in [6.45, 7) is 3.77. The number of carbonyl (C=O) groups excluding carboxylic acids is 1. The van der Waals surface area contributed by atoms with Crippen LogP contribution in [-0.2, 0) is 4.79 Å². The number of nitrogens with one attached hydrogen (secondary N) is 1. The highest BCUT2D eigenvalue weighted by Crippen LogP contribution is 2.11. The van der Waals surface area contributed by atoms with Gasteiger partial charge in [-0.15, -0.1) is 0 Å². The molecule has 0 aliphatic carbocycles. The van der Waals surface area contributed by atoms with E-state index in [9.17, 15) is 4.79 Å². The van der Waals surface area contributed by atoms with Crippen molar-refractivity contribution in [3.63, 3.8) is 0 Å². The largest absolute Gasteiger partial charge is 0.368 e. The molecule has 1 aromatic rings. The Balaban J connectivity index is 2.59. The number of hydrogen-bond acceptors (Lipinski definition) is 2. The Morgan fingerprint density at radius 3 is 2.36 bits per heavy atom. The molecule has 1 rings (SSSR count). The molecule has 14 heavy (non-hydrogen) atoms. The molecule has 0 radical (unpaired) electrons. The molecule has 0 heterocycles. The number of primary amides is 1. The van der Waals surface area contributed by atoms with Gasteiger partial charge in [0.05, 0.1) is 6.04 Å². The van der Waals surface area contributed by atoms with Gasteiger partial charge in [-0.05, 0) is 19.4 Å². The fourth-order valence-electron chi connectivity index (χ4n) is 1.30. The van der Waals surface area contributed by atoms with Crippen molar-refractivity contribution >= 4 is 5.91 Å². The first-order valence-electron chi connectivity index (χ1n) is 4.71. The van der Waals surface area contributed by atoms with E-state index in [1.54, 1.807) is 6.92 Å². The summed E-state index contributed by atoms with van der Waals surface area (Å²) in [4.78, 5) is 10.8. The van der Waals surface area contributed by atoms with E-state index in [0.717, 1.165) is 5.56 Å². The quantitative estimate of drug-likeness (QED) is 0.753. The average molecular weight is 192 g/mol. The second kappa shape index (κ2) is 4.77. The fourth-order valence-corrected chi connectivity index (χ4v) is 1.30. The van der Waals surface area contributed by atoms with Crippen molar-refractivity contribution in [1.29, 1.82) is 0 Å². The van der Waals surface area contributed by atoms with Gasteiger partial charge in [-0.3, -0.25) is 10.1 Å². The standard InChI is InChI=1S/C11H16N2O/c1-8(13-9(2)11(12)14)10-6-4-3-5-7-10/h3-9,13H,1-2H3,(H2,12,14)/t8-,9-/m0/s1.